The van der Waals surface area contributed by atoms with Crippen molar-refractivity contribution in [3.63, 3.8) is 0 Å². The van der Waals surface area contributed by atoms with E-state index in [2.05, 4.69) is 4.90 Å². The molecule has 3 heterocycles. The van der Waals surface area contributed by atoms with Gasteiger partial charge in [-0.3, -0.25) is 4.79 Å². The molecule has 0 bridgehead atoms. The standard InChI is InChI=1S/C22H29N3O4S/c1-23(17-18-8-7-15-29-18)22(26)20-16-19(9-10-21(20)24-11-5-6-12-24)30(27,28)25-13-3-2-4-14-25/h7-10,15-16H,2-6,11-14,17H2,1H3. The van der Waals surface area contributed by atoms with Crippen LogP contribution in [0, 0.1) is 0 Å². The van der Waals surface area contributed by atoms with Crippen molar-refractivity contribution in [2.24, 2.45) is 0 Å². The number of carbonyl (C=O) groups is 1. The number of furan rings is 1. The van der Waals surface area contributed by atoms with Crippen LogP contribution in [0.4, 0.5) is 5.69 Å². The van der Waals surface area contributed by atoms with E-state index in [1.807, 2.05) is 6.07 Å². The molecule has 0 spiro atoms. The fraction of sp³-hybridized carbons (Fsp3) is 0.500. The van der Waals surface area contributed by atoms with Gasteiger partial charge in [-0.1, -0.05) is 6.42 Å². The number of hydrogen-bond acceptors (Lipinski definition) is 5. The smallest absolute Gasteiger partial charge is 0.256 e. The van der Waals surface area contributed by atoms with Gasteiger partial charge in [-0.15, -0.1) is 0 Å². The molecule has 2 fully saturated rings. The van der Waals surface area contributed by atoms with Gasteiger partial charge in [0.15, 0.2) is 0 Å². The van der Waals surface area contributed by atoms with Gasteiger partial charge >= 0.3 is 0 Å². The summed E-state index contributed by atoms with van der Waals surface area (Å²) >= 11 is 0. The van der Waals surface area contributed by atoms with Gasteiger partial charge in [0.2, 0.25) is 10.0 Å². The molecule has 0 radical (unpaired) electrons. The summed E-state index contributed by atoms with van der Waals surface area (Å²) in [5.74, 6) is 0.481. The van der Waals surface area contributed by atoms with Gasteiger partial charge in [0.05, 0.1) is 23.3 Å². The Morgan fingerprint density at radius 1 is 1.03 bits per heavy atom. The van der Waals surface area contributed by atoms with Crippen LogP contribution in [0.1, 0.15) is 48.2 Å². The van der Waals surface area contributed by atoms with E-state index in [-0.39, 0.29) is 10.8 Å². The molecule has 7 nitrogen and oxygen atoms in total. The number of carbonyl (C=O) groups excluding carboxylic acids is 1. The van der Waals surface area contributed by atoms with Gasteiger partial charge in [-0.05, 0) is 56.0 Å². The van der Waals surface area contributed by atoms with Crippen LogP contribution in [0.5, 0.6) is 0 Å². The first-order valence-corrected chi connectivity index (χ1v) is 12.1. The highest BCUT2D eigenvalue weighted by Crippen LogP contribution is 2.30. The van der Waals surface area contributed by atoms with E-state index in [1.54, 1.807) is 46.8 Å². The highest BCUT2D eigenvalue weighted by atomic mass is 32.2. The van der Waals surface area contributed by atoms with Crippen molar-refractivity contribution in [2.45, 2.75) is 43.5 Å². The molecule has 4 rings (SSSR count). The number of anilines is 1. The molecule has 2 aliphatic rings. The monoisotopic (exact) mass is 431 g/mol. The van der Waals surface area contributed by atoms with Crippen LogP contribution in [0.25, 0.3) is 0 Å². The average Bonchev–Trinajstić information content (AvgIpc) is 3.48. The lowest BCUT2D eigenvalue weighted by Crippen LogP contribution is -2.36. The summed E-state index contributed by atoms with van der Waals surface area (Å²) in [5.41, 5.74) is 1.24. The molecule has 1 aromatic heterocycles. The Labute approximate surface area is 178 Å². The summed E-state index contributed by atoms with van der Waals surface area (Å²) in [5, 5.41) is 0. The Morgan fingerprint density at radius 2 is 1.73 bits per heavy atom. The van der Waals surface area contributed by atoms with Gasteiger partial charge in [0, 0.05) is 38.9 Å². The van der Waals surface area contributed by atoms with Gasteiger partial charge in [-0.2, -0.15) is 4.31 Å². The minimum Gasteiger partial charge on any atom is -0.467 e. The predicted molar refractivity (Wildman–Crippen MR) is 115 cm³/mol. The Morgan fingerprint density at radius 3 is 2.40 bits per heavy atom. The fourth-order valence-electron chi connectivity index (χ4n) is 4.25. The summed E-state index contributed by atoms with van der Waals surface area (Å²) in [7, 11) is -1.90. The topological polar surface area (TPSA) is 74.1 Å². The largest absolute Gasteiger partial charge is 0.467 e. The normalized spacial score (nSPS) is 18.0. The van der Waals surface area contributed by atoms with Crippen LogP contribution >= 0.6 is 0 Å². The SMILES string of the molecule is CN(Cc1ccco1)C(=O)c1cc(S(=O)(=O)N2CCCCC2)ccc1N1CCCC1. The Hall–Kier alpha value is -2.32. The third-order valence-electron chi connectivity index (χ3n) is 5.92. The van der Waals surface area contributed by atoms with Gasteiger partial charge < -0.3 is 14.2 Å². The predicted octanol–water partition coefficient (Wildman–Crippen LogP) is 3.33. The van der Waals surface area contributed by atoms with Crippen LogP contribution < -0.4 is 4.90 Å². The van der Waals surface area contributed by atoms with Crippen LogP contribution in [-0.4, -0.2) is 56.8 Å². The van der Waals surface area contributed by atoms with Crippen molar-refractivity contribution in [3.05, 3.63) is 47.9 Å². The molecule has 1 amide bonds. The third-order valence-corrected chi connectivity index (χ3v) is 7.81. The van der Waals surface area contributed by atoms with E-state index in [4.69, 9.17) is 4.42 Å². The number of amides is 1. The van der Waals surface area contributed by atoms with Gasteiger partial charge in [-0.25, -0.2) is 8.42 Å². The first-order chi connectivity index (χ1) is 14.5. The minimum atomic E-state index is -3.61. The van der Waals surface area contributed by atoms with Crippen molar-refractivity contribution in [2.75, 3.05) is 38.1 Å². The van der Waals surface area contributed by atoms with Gasteiger partial charge in [0.1, 0.15) is 5.76 Å². The number of hydrogen-bond donors (Lipinski definition) is 0. The van der Waals surface area contributed by atoms with E-state index in [1.165, 1.54) is 0 Å². The van der Waals surface area contributed by atoms with Crippen molar-refractivity contribution >= 4 is 21.6 Å². The zero-order chi connectivity index (χ0) is 21.1. The minimum absolute atomic E-state index is 0.196. The molecule has 0 unspecified atom stereocenters. The van der Waals surface area contributed by atoms with Crippen molar-refractivity contribution in [1.82, 2.24) is 9.21 Å². The molecule has 2 aromatic rings. The maximum Gasteiger partial charge on any atom is 0.256 e. The molecule has 0 N–H and O–H groups in total. The highest BCUT2D eigenvalue weighted by molar-refractivity contribution is 7.89. The van der Waals surface area contributed by atoms with Crippen LogP contribution in [0.2, 0.25) is 0 Å². The quantitative estimate of drug-likeness (QED) is 0.701. The molecule has 2 saturated heterocycles. The molecular formula is C22H29N3O4S. The van der Waals surface area contributed by atoms with E-state index < -0.39 is 10.0 Å². The molecule has 162 valence electrons. The molecule has 1 aromatic carbocycles. The molecule has 8 heteroatoms. The van der Waals surface area contributed by atoms with Crippen LogP contribution in [0.3, 0.4) is 0 Å². The van der Waals surface area contributed by atoms with Crippen molar-refractivity contribution in [3.8, 4) is 0 Å². The second-order valence-corrected chi connectivity index (χ2v) is 10.0. The van der Waals surface area contributed by atoms with Crippen molar-refractivity contribution < 1.29 is 17.6 Å². The van der Waals surface area contributed by atoms with Crippen LogP contribution in [0.15, 0.2) is 45.9 Å². The zero-order valence-corrected chi connectivity index (χ0v) is 18.2. The third kappa shape index (κ3) is 4.25. The molecule has 0 saturated carbocycles. The molecular weight excluding hydrogens is 402 g/mol. The summed E-state index contributed by atoms with van der Waals surface area (Å²) < 4.78 is 33.3. The summed E-state index contributed by atoms with van der Waals surface area (Å²) in [6.45, 7) is 3.16. The van der Waals surface area contributed by atoms with E-state index in [0.717, 1.165) is 50.9 Å². The Balaban J connectivity index is 1.68. The number of nitrogens with zero attached hydrogens (tertiary/aromatic N) is 3. The van der Waals surface area contributed by atoms with E-state index >= 15 is 0 Å². The second-order valence-electron chi connectivity index (χ2n) is 8.08. The molecule has 2 aliphatic heterocycles. The maximum absolute atomic E-state index is 13.4. The number of benzene rings is 1. The summed E-state index contributed by atoms with van der Waals surface area (Å²) in [6, 6.07) is 8.63. The Kier molecular flexibility index (Phi) is 6.15. The summed E-state index contributed by atoms with van der Waals surface area (Å²) in [4.78, 5) is 17.3. The number of sulfonamides is 1. The first-order valence-electron chi connectivity index (χ1n) is 10.6. The van der Waals surface area contributed by atoms with E-state index in [9.17, 15) is 13.2 Å². The number of piperidine rings is 1. The van der Waals surface area contributed by atoms with Crippen LogP contribution in [-0.2, 0) is 16.6 Å². The molecule has 0 aliphatic carbocycles. The molecule has 0 atom stereocenters. The lowest BCUT2D eigenvalue weighted by atomic mass is 10.1. The zero-order valence-electron chi connectivity index (χ0n) is 17.4. The second kappa shape index (κ2) is 8.81. The van der Waals surface area contributed by atoms with Gasteiger partial charge in [0.25, 0.3) is 5.91 Å². The molecule has 30 heavy (non-hydrogen) atoms. The maximum atomic E-state index is 13.4. The fourth-order valence-corrected chi connectivity index (χ4v) is 5.79. The van der Waals surface area contributed by atoms with Crippen molar-refractivity contribution in [1.29, 1.82) is 0 Å². The first kappa shape index (κ1) is 20.9. The average molecular weight is 432 g/mol. The summed E-state index contributed by atoms with van der Waals surface area (Å²) in [6.07, 6.45) is 6.54. The number of rotatable bonds is 6. The lowest BCUT2D eigenvalue weighted by Gasteiger charge is -2.27. The highest BCUT2D eigenvalue weighted by Gasteiger charge is 2.29. The van der Waals surface area contributed by atoms with E-state index in [0.29, 0.717) is 31.0 Å². The Bertz CT molecular complexity index is 976. The lowest BCUT2D eigenvalue weighted by molar-refractivity contribution is 0.0776.